The molecule has 2 aliphatic heterocycles. The van der Waals surface area contributed by atoms with Gasteiger partial charge in [0, 0.05) is 25.2 Å². The summed E-state index contributed by atoms with van der Waals surface area (Å²) in [5.41, 5.74) is 6.20. The van der Waals surface area contributed by atoms with Gasteiger partial charge in [0.25, 0.3) is 5.91 Å². The number of aromatic nitrogens is 2. The molecular formula is C19H24ClFN4O3. The van der Waals surface area contributed by atoms with Crippen LogP contribution in [0.3, 0.4) is 0 Å². The quantitative estimate of drug-likeness (QED) is 0.832. The van der Waals surface area contributed by atoms with Crippen LogP contribution in [-0.4, -0.2) is 52.8 Å². The van der Waals surface area contributed by atoms with Gasteiger partial charge in [0.2, 0.25) is 11.7 Å². The van der Waals surface area contributed by atoms with Crippen LogP contribution in [0.1, 0.15) is 37.5 Å². The highest BCUT2D eigenvalue weighted by Crippen LogP contribution is 2.29. The Labute approximate surface area is 168 Å². The third kappa shape index (κ3) is 4.34. The van der Waals surface area contributed by atoms with Crippen molar-refractivity contribution < 1.29 is 18.4 Å². The molecule has 28 heavy (non-hydrogen) atoms. The zero-order valence-electron chi connectivity index (χ0n) is 15.4. The molecule has 152 valence electrons. The molecule has 4 rings (SSSR count). The fourth-order valence-corrected chi connectivity index (χ4v) is 3.79. The predicted octanol–water partition coefficient (Wildman–Crippen LogP) is 2.51. The molecule has 1 aromatic carbocycles. The second-order valence-electron chi connectivity index (χ2n) is 7.15. The first-order valence-corrected chi connectivity index (χ1v) is 9.38. The van der Waals surface area contributed by atoms with E-state index in [1.807, 2.05) is 4.90 Å². The molecule has 3 heterocycles. The molecule has 3 atom stereocenters. The summed E-state index contributed by atoms with van der Waals surface area (Å²) in [4.78, 5) is 19.0. The van der Waals surface area contributed by atoms with E-state index in [4.69, 9.17) is 15.0 Å². The SMILES string of the molecule is Cl.NC[C@H]1CC[C@@H](C(=O)N2CCCC(c3nc(-c4cccc(F)c4)no3)C2)O1. The first kappa shape index (κ1) is 20.7. The lowest BCUT2D eigenvalue weighted by molar-refractivity contribution is -0.144. The van der Waals surface area contributed by atoms with Crippen LogP contribution in [0.15, 0.2) is 28.8 Å². The largest absolute Gasteiger partial charge is 0.364 e. The normalized spacial score (nSPS) is 24.8. The second-order valence-corrected chi connectivity index (χ2v) is 7.15. The van der Waals surface area contributed by atoms with Gasteiger partial charge in [0.15, 0.2) is 0 Å². The molecule has 2 aromatic rings. The number of hydrogen-bond acceptors (Lipinski definition) is 6. The average Bonchev–Trinajstić information content (AvgIpc) is 3.37. The molecule has 0 radical (unpaired) electrons. The van der Waals surface area contributed by atoms with Gasteiger partial charge in [-0.15, -0.1) is 12.4 Å². The molecule has 1 unspecified atom stereocenters. The van der Waals surface area contributed by atoms with Crippen molar-refractivity contribution in [3.05, 3.63) is 36.0 Å². The van der Waals surface area contributed by atoms with Crippen molar-refractivity contribution in [1.29, 1.82) is 0 Å². The summed E-state index contributed by atoms with van der Waals surface area (Å²) in [6.07, 6.45) is 2.84. The van der Waals surface area contributed by atoms with Crippen LogP contribution in [0.5, 0.6) is 0 Å². The molecular weight excluding hydrogens is 387 g/mol. The first-order valence-electron chi connectivity index (χ1n) is 9.38. The van der Waals surface area contributed by atoms with Gasteiger partial charge in [-0.25, -0.2) is 4.39 Å². The first-order chi connectivity index (χ1) is 13.1. The molecule has 1 aromatic heterocycles. The van der Waals surface area contributed by atoms with Gasteiger partial charge in [-0.1, -0.05) is 17.3 Å². The molecule has 0 bridgehead atoms. The van der Waals surface area contributed by atoms with Crippen LogP contribution in [-0.2, 0) is 9.53 Å². The summed E-state index contributed by atoms with van der Waals surface area (Å²) < 4.78 is 24.6. The van der Waals surface area contributed by atoms with E-state index in [1.54, 1.807) is 12.1 Å². The zero-order chi connectivity index (χ0) is 18.8. The van der Waals surface area contributed by atoms with Gasteiger partial charge in [-0.3, -0.25) is 4.79 Å². The lowest BCUT2D eigenvalue weighted by atomic mass is 9.97. The summed E-state index contributed by atoms with van der Waals surface area (Å²) in [6.45, 7) is 1.67. The molecule has 2 N–H and O–H groups in total. The Morgan fingerprint density at radius 3 is 2.93 bits per heavy atom. The average molecular weight is 411 g/mol. The maximum Gasteiger partial charge on any atom is 0.251 e. The number of halogens is 2. The Kier molecular flexibility index (Phi) is 6.64. The predicted molar refractivity (Wildman–Crippen MR) is 102 cm³/mol. The van der Waals surface area contributed by atoms with Crippen molar-refractivity contribution in [2.75, 3.05) is 19.6 Å². The van der Waals surface area contributed by atoms with E-state index < -0.39 is 6.10 Å². The summed E-state index contributed by atoms with van der Waals surface area (Å²) in [7, 11) is 0. The lowest BCUT2D eigenvalue weighted by Crippen LogP contribution is -2.44. The topological polar surface area (TPSA) is 94.5 Å². The number of carbonyl (C=O) groups excluding carboxylic acids is 1. The van der Waals surface area contributed by atoms with Gasteiger partial charge in [-0.2, -0.15) is 4.98 Å². The Hall–Kier alpha value is -2.03. The maximum atomic E-state index is 13.4. The summed E-state index contributed by atoms with van der Waals surface area (Å²) in [5, 5.41) is 3.98. The summed E-state index contributed by atoms with van der Waals surface area (Å²) >= 11 is 0. The number of piperidine rings is 1. The fourth-order valence-electron chi connectivity index (χ4n) is 3.79. The molecule has 2 saturated heterocycles. The van der Waals surface area contributed by atoms with E-state index in [-0.39, 0.29) is 36.2 Å². The van der Waals surface area contributed by atoms with Crippen LogP contribution >= 0.6 is 12.4 Å². The number of hydrogen-bond donors (Lipinski definition) is 1. The maximum absolute atomic E-state index is 13.4. The number of nitrogens with zero attached hydrogens (tertiary/aromatic N) is 3. The van der Waals surface area contributed by atoms with E-state index in [9.17, 15) is 9.18 Å². The minimum atomic E-state index is -0.400. The highest BCUT2D eigenvalue weighted by molar-refractivity contribution is 5.85. The molecule has 2 aliphatic rings. The van der Waals surface area contributed by atoms with Crippen molar-refractivity contribution >= 4 is 18.3 Å². The third-order valence-electron chi connectivity index (χ3n) is 5.25. The van der Waals surface area contributed by atoms with Gasteiger partial charge in [0.05, 0.1) is 12.0 Å². The smallest absolute Gasteiger partial charge is 0.251 e. The van der Waals surface area contributed by atoms with E-state index >= 15 is 0 Å². The third-order valence-corrected chi connectivity index (χ3v) is 5.25. The molecule has 1 amide bonds. The van der Waals surface area contributed by atoms with Crippen molar-refractivity contribution in [1.82, 2.24) is 15.0 Å². The van der Waals surface area contributed by atoms with E-state index in [0.717, 1.165) is 19.3 Å². The minimum Gasteiger partial charge on any atom is -0.364 e. The van der Waals surface area contributed by atoms with Crippen molar-refractivity contribution in [2.45, 2.75) is 43.8 Å². The summed E-state index contributed by atoms with van der Waals surface area (Å²) in [6, 6.07) is 6.09. The van der Waals surface area contributed by atoms with Crippen LogP contribution < -0.4 is 5.73 Å². The standard InChI is InChI=1S/C19H23FN4O3.ClH/c20-14-5-1-3-12(9-14)17-22-18(27-23-17)13-4-2-8-24(11-13)19(25)16-7-6-15(10-21)26-16;/h1,3,5,9,13,15-16H,2,4,6-8,10-11,21H2;1H/t13?,15-,16+;/m1./s1. The highest BCUT2D eigenvalue weighted by Gasteiger charge is 2.36. The fraction of sp³-hybridized carbons (Fsp3) is 0.526. The number of nitrogens with two attached hydrogens (primary N) is 1. The number of ether oxygens (including phenoxy) is 1. The van der Waals surface area contributed by atoms with Crippen molar-refractivity contribution in [2.24, 2.45) is 5.73 Å². The van der Waals surface area contributed by atoms with E-state index in [2.05, 4.69) is 10.1 Å². The number of likely N-dealkylation sites (tertiary alicyclic amines) is 1. The van der Waals surface area contributed by atoms with Gasteiger partial charge in [0.1, 0.15) is 11.9 Å². The van der Waals surface area contributed by atoms with Crippen LogP contribution in [0.25, 0.3) is 11.4 Å². The Morgan fingerprint density at radius 1 is 1.32 bits per heavy atom. The minimum absolute atomic E-state index is 0. The number of carbonyl (C=O) groups is 1. The van der Waals surface area contributed by atoms with Crippen molar-refractivity contribution in [3.8, 4) is 11.4 Å². The van der Waals surface area contributed by atoms with Crippen LogP contribution in [0.4, 0.5) is 4.39 Å². The molecule has 7 nitrogen and oxygen atoms in total. The number of amides is 1. The molecule has 0 spiro atoms. The van der Waals surface area contributed by atoms with Gasteiger partial charge >= 0.3 is 0 Å². The zero-order valence-corrected chi connectivity index (χ0v) is 16.2. The molecule has 2 fully saturated rings. The number of rotatable bonds is 4. The Bertz CT molecular complexity index is 818. The van der Waals surface area contributed by atoms with E-state index in [0.29, 0.717) is 43.3 Å². The Balaban J connectivity index is 0.00000225. The second kappa shape index (κ2) is 8.98. The monoisotopic (exact) mass is 410 g/mol. The molecule has 0 saturated carbocycles. The lowest BCUT2D eigenvalue weighted by Gasteiger charge is -2.32. The Morgan fingerprint density at radius 2 is 2.18 bits per heavy atom. The van der Waals surface area contributed by atoms with Gasteiger partial charge in [-0.05, 0) is 37.8 Å². The van der Waals surface area contributed by atoms with Gasteiger partial charge < -0.3 is 19.9 Å². The van der Waals surface area contributed by atoms with Crippen molar-refractivity contribution in [3.63, 3.8) is 0 Å². The number of benzene rings is 1. The van der Waals surface area contributed by atoms with Crippen LogP contribution in [0.2, 0.25) is 0 Å². The molecule has 9 heteroatoms. The van der Waals surface area contributed by atoms with Crippen LogP contribution in [0, 0.1) is 5.82 Å². The van der Waals surface area contributed by atoms with E-state index in [1.165, 1.54) is 12.1 Å². The summed E-state index contributed by atoms with van der Waals surface area (Å²) in [5.74, 6) is 0.488. The molecule has 0 aliphatic carbocycles. The highest BCUT2D eigenvalue weighted by atomic mass is 35.5.